The molecule has 1 unspecified atom stereocenters. The molecule has 0 aromatic carbocycles. The molecule has 1 N–H and O–H groups in total. The lowest BCUT2D eigenvalue weighted by Gasteiger charge is -2.23. The second-order valence-corrected chi connectivity index (χ2v) is 9.48. The number of carbonyl (C=O) groups is 1. The molecule has 8 bridgehead atoms. The minimum absolute atomic E-state index is 0.133. The molecular formula is C28H30N4O. The van der Waals surface area contributed by atoms with Gasteiger partial charge < -0.3 is 9.88 Å². The molecule has 33 heavy (non-hydrogen) atoms. The van der Waals surface area contributed by atoms with Crippen molar-refractivity contribution >= 4 is 29.4 Å². The molecule has 5 nitrogen and oxygen atoms in total. The van der Waals surface area contributed by atoms with Gasteiger partial charge in [0.25, 0.3) is 0 Å². The Kier molecular flexibility index (Phi) is 4.71. The Labute approximate surface area is 194 Å². The van der Waals surface area contributed by atoms with Crippen LogP contribution < -0.4 is 10.7 Å². The second kappa shape index (κ2) is 7.27. The number of aromatic nitrogens is 1. The predicted molar refractivity (Wildman–Crippen MR) is 135 cm³/mol. The van der Waals surface area contributed by atoms with Crippen LogP contribution in [-0.4, -0.2) is 40.2 Å². The van der Waals surface area contributed by atoms with E-state index in [1.165, 1.54) is 16.7 Å². The van der Waals surface area contributed by atoms with Crippen molar-refractivity contribution in [3.8, 4) is 0 Å². The molecule has 0 amide bonds. The van der Waals surface area contributed by atoms with Gasteiger partial charge in [0.05, 0.1) is 22.8 Å². The second-order valence-electron chi connectivity index (χ2n) is 9.48. The Bertz CT molecular complexity index is 1490. The molecule has 1 aromatic heterocycles. The van der Waals surface area contributed by atoms with Crippen LogP contribution in [0.2, 0.25) is 0 Å². The SMILES string of the molecule is CC1=C(C)/C2=C(\C)C3=N/C(=C(/C)C4=C(C)C(=O)C(/C=c5/cc/c([nH]5)=C/C1=N2)N4C)C(C)=C3C. The highest BCUT2D eigenvalue weighted by Crippen LogP contribution is 2.39. The van der Waals surface area contributed by atoms with Crippen molar-refractivity contribution in [2.45, 2.75) is 54.5 Å². The van der Waals surface area contributed by atoms with Crippen molar-refractivity contribution < 1.29 is 4.79 Å². The van der Waals surface area contributed by atoms with Crippen LogP contribution in [-0.2, 0) is 4.79 Å². The summed E-state index contributed by atoms with van der Waals surface area (Å²) in [7, 11) is 2.00. The molecule has 5 heteroatoms. The molecule has 0 aliphatic carbocycles. The standard InChI is InChI=1S/C28H30N4O/c1-13-14(2)24-17(5)25-15(3)16(4)26(31-25)18(6)27-19(7)28(33)23(32(27)8)12-21-10-9-20(29-21)11-22(13)30-24/h9-12,23,29H,1-8H3/b20-11-,21-12-,24-17-,26-18-. The van der Waals surface area contributed by atoms with E-state index in [1.54, 1.807) is 0 Å². The molecule has 0 saturated carbocycles. The highest BCUT2D eigenvalue weighted by Gasteiger charge is 2.36. The number of hydrogen-bond acceptors (Lipinski definition) is 4. The zero-order valence-electron chi connectivity index (χ0n) is 20.6. The molecule has 168 valence electrons. The van der Waals surface area contributed by atoms with Gasteiger partial charge in [-0.25, -0.2) is 9.98 Å². The lowest BCUT2D eigenvalue weighted by molar-refractivity contribution is -0.116. The topological polar surface area (TPSA) is 60.8 Å². The van der Waals surface area contributed by atoms with Crippen molar-refractivity contribution in [2.75, 3.05) is 7.05 Å². The fourth-order valence-electron chi connectivity index (χ4n) is 5.33. The molecule has 0 fully saturated rings. The summed E-state index contributed by atoms with van der Waals surface area (Å²) in [6.07, 6.45) is 4.09. The number of allylic oxidation sites excluding steroid dienone is 6. The summed E-state index contributed by atoms with van der Waals surface area (Å²) in [4.78, 5) is 28.9. The van der Waals surface area contributed by atoms with Gasteiger partial charge in [0.15, 0.2) is 5.78 Å². The smallest absolute Gasteiger partial charge is 0.187 e. The highest BCUT2D eigenvalue weighted by molar-refractivity contribution is 6.24. The van der Waals surface area contributed by atoms with E-state index >= 15 is 0 Å². The average Bonchev–Trinajstić information content (AvgIpc) is 3.48. The van der Waals surface area contributed by atoms with Crippen LogP contribution in [0.1, 0.15) is 48.5 Å². The first-order valence-corrected chi connectivity index (χ1v) is 11.4. The summed E-state index contributed by atoms with van der Waals surface area (Å²) in [5, 5.41) is 1.90. The van der Waals surface area contributed by atoms with Crippen molar-refractivity contribution in [2.24, 2.45) is 9.98 Å². The van der Waals surface area contributed by atoms with Crippen molar-refractivity contribution in [1.29, 1.82) is 0 Å². The van der Waals surface area contributed by atoms with Gasteiger partial charge in [-0.3, -0.25) is 4.79 Å². The fraction of sp³-hybridized carbons (Fsp3) is 0.321. The first-order chi connectivity index (χ1) is 15.6. The summed E-state index contributed by atoms with van der Waals surface area (Å²) in [5.41, 5.74) is 12.5. The van der Waals surface area contributed by atoms with Crippen molar-refractivity contribution in [3.05, 3.63) is 78.9 Å². The third kappa shape index (κ3) is 3.02. The van der Waals surface area contributed by atoms with E-state index in [4.69, 9.17) is 9.98 Å². The zero-order valence-corrected chi connectivity index (χ0v) is 20.6. The van der Waals surface area contributed by atoms with Crippen LogP contribution in [0.25, 0.3) is 12.2 Å². The number of likely N-dealkylation sites (N-methyl/N-ethyl adjacent to an activating group) is 1. The summed E-state index contributed by atoms with van der Waals surface area (Å²) in [6, 6.07) is 3.72. The van der Waals surface area contributed by atoms with E-state index < -0.39 is 0 Å². The first-order valence-electron chi connectivity index (χ1n) is 11.4. The van der Waals surface area contributed by atoms with Gasteiger partial charge in [0.2, 0.25) is 0 Å². The molecule has 4 aliphatic rings. The molecule has 1 atom stereocenters. The number of aromatic amines is 1. The number of hydrogen-bond donors (Lipinski definition) is 1. The van der Waals surface area contributed by atoms with E-state index in [0.717, 1.165) is 61.5 Å². The third-order valence-electron chi connectivity index (χ3n) is 7.58. The number of carbonyl (C=O) groups excluding carboxylic acids is 1. The Hall–Kier alpha value is -3.47. The summed E-state index contributed by atoms with van der Waals surface area (Å²) >= 11 is 0. The zero-order chi connectivity index (χ0) is 23.8. The minimum atomic E-state index is -0.342. The number of nitrogens with zero attached hydrogens (tertiary/aromatic N) is 3. The van der Waals surface area contributed by atoms with Crippen LogP contribution in [0, 0.1) is 0 Å². The molecule has 0 saturated heterocycles. The lowest BCUT2D eigenvalue weighted by Crippen LogP contribution is -2.31. The lowest BCUT2D eigenvalue weighted by atomic mass is 9.97. The van der Waals surface area contributed by atoms with Crippen LogP contribution in [0.15, 0.2) is 78.2 Å². The number of H-pyrrole nitrogens is 1. The average molecular weight is 439 g/mol. The monoisotopic (exact) mass is 438 g/mol. The van der Waals surface area contributed by atoms with Gasteiger partial charge in [-0.1, -0.05) is 0 Å². The highest BCUT2D eigenvalue weighted by atomic mass is 16.1. The number of Topliss-reactive ketones (excluding diaryl/α,β-unsaturated/α-hetero) is 1. The Balaban J connectivity index is 1.86. The van der Waals surface area contributed by atoms with E-state index in [9.17, 15) is 4.79 Å². The van der Waals surface area contributed by atoms with Crippen molar-refractivity contribution in [3.63, 3.8) is 0 Å². The number of aliphatic imine (C=N–C) groups is 2. The maximum atomic E-state index is 13.2. The summed E-state index contributed by atoms with van der Waals surface area (Å²) in [6.45, 7) is 14.6. The Morgan fingerprint density at radius 2 is 1.39 bits per heavy atom. The number of ketones is 1. The molecule has 0 spiro atoms. The molecule has 0 radical (unpaired) electrons. The van der Waals surface area contributed by atoms with Crippen LogP contribution in [0.5, 0.6) is 0 Å². The molecule has 4 aliphatic heterocycles. The van der Waals surface area contributed by atoms with E-state index in [-0.39, 0.29) is 11.8 Å². The summed E-state index contributed by atoms with van der Waals surface area (Å²) < 4.78 is 0. The predicted octanol–water partition coefficient (Wildman–Crippen LogP) is 3.88. The van der Waals surface area contributed by atoms with Gasteiger partial charge in [-0.05, 0) is 101 Å². The summed E-state index contributed by atoms with van der Waals surface area (Å²) in [5.74, 6) is 0.133. The quantitative estimate of drug-likeness (QED) is 0.668. The van der Waals surface area contributed by atoms with Gasteiger partial charge >= 0.3 is 0 Å². The number of rotatable bonds is 0. The maximum Gasteiger partial charge on any atom is 0.187 e. The minimum Gasteiger partial charge on any atom is -0.360 e. The van der Waals surface area contributed by atoms with Gasteiger partial charge in [0, 0.05) is 34.6 Å². The normalized spacial score (nSPS) is 29.5. The molecule has 5 heterocycles. The Morgan fingerprint density at radius 1 is 0.758 bits per heavy atom. The van der Waals surface area contributed by atoms with E-state index in [0.29, 0.717) is 0 Å². The van der Waals surface area contributed by atoms with E-state index in [2.05, 4.69) is 57.5 Å². The molecule has 1 aromatic rings. The van der Waals surface area contributed by atoms with Crippen LogP contribution >= 0.6 is 0 Å². The number of nitrogens with one attached hydrogen (secondary N) is 1. The molecule has 5 rings (SSSR count). The molecular weight excluding hydrogens is 408 g/mol. The maximum absolute atomic E-state index is 13.2. The fourth-order valence-corrected chi connectivity index (χ4v) is 5.33. The van der Waals surface area contributed by atoms with E-state index in [1.807, 2.05) is 32.2 Å². The van der Waals surface area contributed by atoms with Gasteiger partial charge in [-0.15, -0.1) is 0 Å². The van der Waals surface area contributed by atoms with Gasteiger partial charge in [0.1, 0.15) is 6.04 Å². The third-order valence-corrected chi connectivity index (χ3v) is 7.58. The largest absolute Gasteiger partial charge is 0.360 e. The Morgan fingerprint density at radius 3 is 2.12 bits per heavy atom. The number of fused-ring (bicyclic) bond motifs is 6. The van der Waals surface area contributed by atoms with Gasteiger partial charge in [-0.2, -0.15) is 0 Å². The first kappa shape index (κ1) is 21.4. The van der Waals surface area contributed by atoms with Crippen LogP contribution in [0.3, 0.4) is 0 Å². The van der Waals surface area contributed by atoms with Crippen molar-refractivity contribution in [1.82, 2.24) is 9.88 Å². The van der Waals surface area contributed by atoms with Crippen LogP contribution in [0.4, 0.5) is 0 Å².